The topological polar surface area (TPSA) is 52.6 Å². The number of hydrogen-bond donors (Lipinski definition) is 0. The molecule has 9 atom stereocenters. The molecule has 0 bridgehead atoms. The van der Waals surface area contributed by atoms with Crippen LogP contribution in [0.5, 0.6) is 0 Å². The normalized spacial score (nSPS) is 45.1. The van der Waals surface area contributed by atoms with E-state index in [-0.39, 0.29) is 18.0 Å². The van der Waals surface area contributed by atoms with Crippen molar-refractivity contribution in [2.75, 3.05) is 7.11 Å². The molecular formula is C27H44O4. The van der Waals surface area contributed by atoms with Crippen LogP contribution < -0.4 is 0 Å². The fraction of sp³-hybridized carbons (Fsp3) is 0.926. The zero-order chi connectivity index (χ0) is 22.4. The Balaban J connectivity index is 1.45. The van der Waals surface area contributed by atoms with Gasteiger partial charge in [-0.15, -0.1) is 0 Å². The van der Waals surface area contributed by atoms with Gasteiger partial charge in [-0.3, -0.25) is 9.59 Å². The first kappa shape index (κ1) is 23.1. The van der Waals surface area contributed by atoms with Crippen LogP contribution in [-0.4, -0.2) is 25.2 Å². The van der Waals surface area contributed by atoms with Crippen molar-refractivity contribution < 1.29 is 19.1 Å². The second-order valence-corrected chi connectivity index (χ2v) is 12.0. The van der Waals surface area contributed by atoms with Gasteiger partial charge in [-0.1, -0.05) is 20.8 Å². The second kappa shape index (κ2) is 8.71. The fourth-order valence-electron chi connectivity index (χ4n) is 9.18. The standard InChI is InChI=1S/C27H44O4/c1-17(6-11-25(29)30-5)22-9-10-23-21-8-7-19-16-20(31-18(2)28)12-14-26(19,3)24(21)13-15-27(22,23)4/h17,19-24H,6-16H2,1-5H3/t17-,19+,20-,21+,22-,23+,24+,26+,27+/m1/s1. The van der Waals surface area contributed by atoms with Gasteiger partial charge >= 0.3 is 11.9 Å². The lowest BCUT2D eigenvalue weighted by Gasteiger charge is -2.61. The number of carbonyl (C=O) groups excluding carboxylic acids is 2. The average molecular weight is 433 g/mol. The van der Waals surface area contributed by atoms with Crippen LogP contribution in [0, 0.1) is 46.3 Å². The number of fused-ring (bicyclic) bond motifs is 5. The van der Waals surface area contributed by atoms with Gasteiger partial charge < -0.3 is 9.47 Å². The minimum Gasteiger partial charge on any atom is -0.469 e. The predicted octanol–water partition coefficient (Wildman–Crippen LogP) is 6.17. The van der Waals surface area contributed by atoms with Crippen molar-refractivity contribution >= 4 is 11.9 Å². The largest absolute Gasteiger partial charge is 0.469 e. The molecule has 0 saturated heterocycles. The molecule has 4 saturated carbocycles. The number of rotatable bonds is 5. The van der Waals surface area contributed by atoms with Crippen molar-refractivity contribution in [3.63, 3.8) is 0 Å². The molecule has 4 aliphatic rings. The SMILES string of the molecule is COC(=O)CC[C@@H](C)[C@H]1CC[C@H]2[C@@H]3CC[C@H]4C[C@H](OC(C)=O)CC[C@]4(C)[C@H]3CC[C@@]12C. The van der Waals surface area contributed by atoms with Crippen LogP contribution >= 0.6 is 0 Å². The molecule has 0 amide bonds. The summed E-state index contributed by atoms with van der Waals surface area (Å²) in [5, 5.41) is 0. The average Bonchev–Trinajstić information content (AvgIpc) is 3.09. The highest BCUT2D eigenvalue weighted by atomic mass is 16.5. The van der Waals surface area contributed by atoms with Crippen molar-refractivity contribution in [3.05, 3.63) is 0 Å². The summed E-state index contributed by atoms with van der Waals surface area (Å²) < 4.78 is 10.5. The Morgan fingerprint density at radius 1 is 0.968 bits per heavy atom. The molecule has 4 rings (SSSR count). The van der Waals surface area contributed by atoms with Gasteiger partial charge in [-0.25, -0.2) is 0 Å². The second-order valence-electron chi connectivity index (χ2n) is 12.0. The van der Waals surface area contributed by atoms with E-state index in [1.54, 1.807) is 6.92 Å². The summed E-state index contributed by atoms with van der Waals surface area (Å²) in [5.74, 6) is 4.42. The zero-order valence-corrected chi connectivity index (χ0v) is 20.5. The quantitative estimate of drug-likeness (QED) is 0.488. The monoisotopic (exact) mass is 432 g/mol. The maximum Gasteiger partial charge on any atom is 0.305 e. The molecule has 4 nitrogen and oxygen atoms in total. The summed E-state index contributed by atoms with van der Waals surface area (Å²) in [6, 6.07) is 0. The molecule has 0 aromatic rings. The molecule has 0 N–H and O–H groups in total. The van der Waals surface area contributed by atoms with E-state index in [0.29, 0.717) is 29.1 Å². The van der Waals surface area contributed by atoms with Crippen LogP contribution in [0.25, 0.3) is 0 Å². The van der Waals surface area contributed by atoms with Crippen molar-refractivity contribution in [2.24, 2.45) is 46.3 Å². The fourth-order valence-corrected chi connectivity index (χ4v) is 9.18. The first-order valence-electron chi connectivity index (χ1n) is 12.9. The number of hydrogen-bond acceptors (Lipinski definition) is 4. The minimum atomic E-state index is -0.117. The summed E-state index contributed by atoms with van der Waals surface area (Å²) >= 11 is 0. The summed E-state index contributed by atoms with van der Waals surface area (Å²) in [6.07, 6.45) is 13.1. The molecular weight excluding hydrogens is 388 g/mol. The number of esters is 2. The van der Waals surface area contributed by atoms with E-state index in [2.05, 4.69) is 20.8 Å². The zero-order valence-electron chi connectivity index (χ0n) is 20.5. The molecule has 0 spiro atoms. The number of methoxy groups -OCH3 is 1. The van der Waals surface area contributed by atoms with Gasteiger partial charge in [0.05, 0.1) is 7.11 Å². The summed E-state index contributed by atoms with van der Waals surface area (Å²) in [6.45, 7) is 9.09. The Hall–Kier alpha value is -1.06. The lowest BCUT2D eigenvalue weighted by Crippen LogP contribution is -2.54. The Labute approximate surface area is 189 Å². The van der Waals surface area contributed by atoms with Crippen LogP contribution in [-0.2, 0) is 19.1 Å². The van der Waals surface area contributed by atoms with Gasteiger partial charge in [-0.05, 0) is 111 Å². The molecule has 0 unspecified atom stereocenters. The van der Waals surface area contributed by atoms with Gasteiger partial charge in [0, 0.05) is 13.3 Å². The van der Waals surface area contributed by atoms with E-state index >= 15 is 0 Å². The van der Waals surface area contributed by atoms with Gasteiger partial charge in [-0.2, -0.15) is 0 Å². The smallest absolute Gasteiger partial charge is 0.305 e. The van der Waals surface area contributed by atoms with Crippen LogP contribution in [0.15, 0.2) is 0 Å². The van der Waals surface area contributed by atoms with Crippen LogP contribution in [0.1, 0.15) is 98.3 Å². The van der Waals surface area contributed by atoms with Crippen molar-refractivity contribution in [2.45, 2.75) is 104 Å². The van der Waals surface area contributed by atoms with Gasteiger partial charge in [0.15, 0.2) is 0 Å². The van der Waals surface area contributed by atoms with E-state index in [9.17, 15) is 9.59 Å². The third kappa shape index (κ3) is 4.06. The molecule has 4 fully saturated rings. The molecule has 0 radical (unpaired) electrons. The highest BCUT2D eigenvalue weighted by Crippen LogP contribution is 2.68. The van der Waals surface area contributed by atoms with Gasteiger partial charge in [0.1, 0.15) is 6.10 Å². The van der Waals surface area contributed by atoms with E-state index in [1.165, 1.54) is 52.1 Å². The summed E-state index contributed by atoms with van der Waals surface area (Å²) in [4.78, 5) is 23.2. The molecule has 31 heavy (non-hydrogen) atoms. The summed E-state index contributed by atoms with van der Waals surface area (Å²) in [7, 11) is 1.50. The molecule has 0 heterocycles. The molecule has 4 aliphatic carbocycles. The highest BCUT2D eigenvalue weighted by Gasteiger charge is 2.60. The van der Waals surface area contributed by atoms with Crippen LogP contribution in [0.4, 0.5) is 0 Å². The molecule has 0 aromatic carbocycles. The molecule has 4 heteroatoms. The van der Waals surface area contributed by atoms with Crippen molar-refractivity contribution in [1.82, 2.24) is 0 Å². The first-order valence-corrected chi connectivity index (χ1v) is 12.9. The molecule has 0 aromatic heterocycles. The van der Waals surface area contributed by atoms with E-state index in [4.69, 9.17) is 9.47 Å². The third-order valence-corrected chi connectivity index (χ3v) is 10.7. The Morgan fingerprint density at radius 3 is 2.39 bits per heavy atom. The van der Waals surface area contributed by atoms with E-state index < -0.39 is 0 Å². The Bertz CT molecular complexity index is 689. The Kier molecular flexibility index (Phi) is 6.49. The predicted molar refractivity (Wildman–Crippen MR) is 121 cm³/mol. The van der Waals surface area contributed by atoms with E-state index in [0.717, 1.165) is 42.9 Å². The lowest BCUT2D eigenvalue weighted by atomic mass is 9.44. The summed E-state index contributed by atoms with van der Waals surface area (Å²) in [5.41, 5.74) is 0.865. The maximum atomic E-state index is 11.7. The van der Waals surface area contributed by atoms with E-state index in [1.807, 2.05) is 0 Å². The van der Waals surface area contributed by atoms with Crippen LogP contribution in [0.2, 0.25) is 0 Å². The van der Waals surface area contributed by atoms with Crippen molar-refractivity contribution in [1.29, 1.82) is 0 Å². The number of ether oxygens (including phenoxy) is 2. The third-order valence-electron chi connectivity index (χ3n) is 10.7. The molecule has 176 valence electrons. The number of carbonyl (C=O) groups is 2. The first-order chi connectivity index (χ1) is 14.7. The van der Waals surface area contributed by atoms with Gasteiger partial charge in [0.25, 0.3) is 0 Å². The maximum absolute atomic E-state index is 11.7. The minimum absolute atomic E-state index is 0.0640. The Morgan fingerprint density at radius 2 is 1.68 bits per heavy atom. The highest BCUT2D eigenvalue weighted by molar-refractivity contribution is 5.69. The van der Waals surface area contributed by atoms with Gasteiger partial charge in [0.2, 0.25) is 0 Å². The molecule has 0 aliphatic heterocycles. The lowest BCUT2D eigenvalue weighted by molar-refractivity contribution is -0.160. The van der Waals surface area contributed by atoms with Crippen LogP contribution in [0.3, 0.4) is 0 Å². The van der Waals surface area contributed by atoms with Crippen molar-refractivity contribution in [3.8, 4) is 0 Å².